The molecule has 1 fully saturated rings. The first-order valence-electron chi connectivity index (χ1n) is 7.34. The summed E-state index contributed by atoms with van der Waals surface area (Å²) in [5.41, 5.74) is 4.42. The van der Waals surface area contributed by atoms with Crippen LogP contribution >= 0.6 is 0 Å². The van der Waals surface area contributed by atoms with Gasteiger partial charge in [0, 0.05) is 31.1 Å². The minimum absolute atomic E-state index is 0.347. The third-order valence-corrected chi connectivity index (χ3v) is 3.91. The van der Waals surface area contributed by atoms with E-state index in [4.69, 9.17) is 7.85 Å². The highest BCUT2D eigenvalue weighted by Gasteiger charge is 2.20. The lowest BCUT2D eigenvalue weighted by Gasteiger charge is -2.29. The van der Waals surface area contributed by atoms with Gasteiger partial charge in [-0.25, -0.2) is 0 Å². The molecular formula is C17H16BN3O. The van der Waals surface area contributed by atoms with Gasteiger partial charge in [-0.15, -0.1) is 0 Å². The number of benzene rings is 1. The molecule has 0 unspecified atom stereocenters. The number of piperidine rings is 1. The highest BCUT2D eigenvalue weighted by Crippen LogP contribution is 2.30. The predicted molar refractivity (Wildman–Crippen MR) is 86.5 cm³/mol. The summed E-state index contributed by atoms with van der Waals surface area (Å²) in [6.45, 7) is 1.31. The van der Waals surface area contributed by atoms with Crippen molar-refractivity contribution in [2.75, 3.05) is 13.1 Å². The van der Waals surface area contributed by atoms with Gasteiger partial charge in [-0.05, 0) is 18.4 Å². The van der Waals surface area contributed by atoms with Gasteiger partial charge in [0.2, 0.25) is 7.85 Å². The van der Waals surface area contributed by atoms with Crippen LogP contribution in [0.5, 0.6) is 0 Å². The maximum absolute atomic E-state index is 11.3. The molecule has 0 spiro atoms. The average molecular weight is 289 g/mol. The summed E-state index contributed by atoms with van der Waals surface area (Å²) < 4.78 is 0. The van der Waals surface area contributed by atoms with Gasteiger partial charge < -0.3 is 4.90 Å². The minimum Gasteiger partial charge on any atom is -0.352 e. The molecule has 5 heteroatoms. The topological polar surface area (TPSA) is 46.1 Å². The molecular weight excluding hydrogens is 273 g/mol. The Morgan fingerprint density at radius 1 is 1.09 bits per heavy atom. The van der Waals surface area contributed by atoms with Crippen molar-refractivity contribution in [2.24, 2.45) is 0 Å². The Kier molecular flexibility index (Phi) is 4.33. The number of likely N-dealkylation sites (tertiary alicyclic amines) is 1. The van der Waals surface area contributed by atoms with E-state index >= 15 is 0 Å². The Bertz CT molecular complexity index is 634. The zero-order valence-electron chi connectivity index (χ0n) is 12.3. The first kappa shape index (κ1) is 14.5. The summed E-state index contributed by atoms with van der Waals surface area (Å²) >= 11 is 0. The number of hydrogen-bond donors (Lipinski definition) is 0. The Labute approximate surface area is 131 Å². The summed E-state index contributed by atoms with van der Waals surface area (Å²) in [7, 11) is 5.36. The van der Waals surface area contributed by atoms with Crippen LogP contribution in [-0.4, -0.2) is 41.6 Å². The number of amides is 1. The molecule has 2 aromatic rings. The van der Waals surface area contributed by atoms with Crippen molar-refractivity contribution in [3.05, 3.63) is 65.8 Å². The van der Waals surface area contributed by atoms with E-state index in [1.165, 1.54) is 5.57 Å². The van der Waals surface area contributed by atoms with Gasteiger partial charge in [0.05, 0.1) is 11.9 Å². The molecule has 1 aliphatic heterocycles. The standard InChI is InChI=1S/C17H16BN3O/c18-17(22)21-10-6-14(7-11-21)16(13-4-2-1-3-5-13)15-12-19-8-9-20-15/h1-5,8-9,12H,6-7,10-11H2. The van der Waals surface area contributed by atoms with Crippen LogP contribution in [0.3, 0.4) is 0 Å². The smallest absolute Gasteiger partial charge is 0.200 e. The van der Waals surface area contributed by atoms with Gasteiger partial charge in [-0.2, -0.15) is 0 Å². The molecule has 3 rings (SSSR count). The molecule has 0 atom stereocenters. The first-order valence-corrected chi connectivity index (χ1v) is 7.34. The van der Waals surface area contributed by atoms with Crippen LogP contribution in [0.2, 0.25) is 0 Å². The monoisotopic (exact) mass is 289 g/mol. The summed E-state index contributed by atoms with van der Waals surface area (Å²) in [4.78, 5) is 21.6. The van der Waals surface area contributed by atoms with Gasteiger partial charge in [0.25, 0.3) is 0 Å². The van der Waals surface area contributed by atoms with Crippen LogP contribution in [0.1, 0.15) is 24.1 Å². The summed E-state index contributed by atoms with van der Waals surface area (Å²) in [6.07, 6.45) is 6.78. The molecule has 22 heavy (non-hydrogen) atoms. The van der Waals surface area contributed by atoms with E-state index in [0.717, 1.165) is 29.7 Å². The second-order valence-electron chi connectivity index (χ2n) is 5.26. The van der Waals surface area contributed by atoms with E-state index in [-0.39, 0.29) is 5.81 Å². The number of hydrogen-bond acceptors (Lipinski definition) is 3. The first-order chi connectivity index (χ1) is 10.8. The van der Waals surface area contributed by atoms with Gasteiger partial charge in [-0.1, -0.05) is 35.9 Å². The fourth-order valence-corrected chi connectivity index (χ4v) is 2.81. The van der Waals surface area contributed by atoms with Gasteiger partial charge >= 0.3 is 0 Å². The van der Waals surface area contributed by atoms with Crippen LogP contribution in [0.4, 0.5) is 4.79 Å². The van der Waals surface area contributed by atoms with Crippen molar-refractivity contribution in [3.8, 4) is 0 Å². The molecule has 1 amide bonds. The highest BCUT2D eigenvalue weighted by atomic mass is 16.1. The van der Waals surface area contributed by atoms with Crippen molar-refractivity contribution < 1.29 is 4.79 Å². The van der Waals surface area contributed by atoms with Crippen LogP contribution in [0.25, 0.3) is 5.57 Å². The molecule has 1 aliphatic rings. The lowest BCUT2D eigenvalue weighted by Crippen LogP contribution is -2.35. The van der Waals surface area contributed by atoms with E-state index in [0.29, 0.717) is 13.1 Å². The zero-order valence-corrected chi connectivity index (χ0v) is 12.3. The third-order valence-electron chi connectivity index (χ3n) is 3.91. The maximum atomic E-state index is 11.3. The second-order valence-corrected chi connectivity index (χ2v) is 5.26. The molecule has 2 heterocycles. The molecule has 108 valence electrons. The van der Waals surface area contributed by atoms with E-state index < -0.39 is 0 Å². The number of rotatable bonds is 2. The number of aromatic nitrogens is 2. The zero-order chi connectivity index (χ0) is 15.4. The maximum Gasteiger partial charge on any atom is 0.200 e. The third kappa shape index (κ3) is 3.08. The van der Waals surface area contributed by atoms with Crippen LogP contribution in [0.15, 0.2) is 54.5 Å². The van der Waals surface area contributed by atoms with Crippen LogP contribution in [-0.2, 0) is 0 Å². The fraction of sp³-hybridized carbons (Fsp3) is 0.235. The molecule has 0 saturated carbocycles. The van der Waals surface area contributed by atoms with Crippen molar-refractivity contribution in [1.29, 1.82) is 0 Å². The van der Waals surface area contributed by atoms with Crippen molar-refractivity contribution in [2.45, 2.75) is 12.8 Å². The number of nitrogens with zero attached hydrogens (tertiary/aromatic N) is 3. The average Bonchev–Trinajstić information content (AvgIpc) is 2.57. The minimum atomic E-state index is -0.347. The predicted octanol–water partition coefficient (Wildman–Crippen LogP) is 2.66. The summed E-state index contributed by atoms with van der Waals surface area (Å²) in [6, 6.07) is 10.2. The molecule has 0 bridgehead atoms. The van der Waals surface area contributed by atoms with Crippen LogP contribution in [0, 0.1) is 0 Å². The van der Waals surface area contributed by atoms with E-state index in [1.54, 1.807) is 23.5 Å². The molecule has 1 aromatic carbocycles. The number of carbonyl (C=O) groups excluding carboxylic acids is 1. The van der Waals surface area contributed by atoms with Crippen molar-refractivity contribution >= 4 is 19.2 Å². The lowest BCUT2D eigenvalue weighted by molar-refractivity contribution is 0.217. The lowest BCUT2D eigenvalue weighted by atomic mass is 9.90. The quantitative estimate of drug-likeness (QED) is 0.798. The Morgan fingerprint density at radius 2 is 1.82 bits per heavy atom. The summed E-state index contributed by atoms with van der Waals surface area (Å²) in [5.74, 6) is -0.347. The normalized spacial score (nSPS) is 14.7. The molecule has 2 radical (unpaired) electrons. The Balaban J connectivity index is 2.00. The van der Waals surface area contributed by atoms with E-state index in [1.807, 2.05) is 18.2 Å². The second kappa shape index (κ2) is 6.56. The van der Waals surface area contributed by atoms with Gasteiger partial charge in [0.1, 0.15) is 0 Å². The van der Waals surface area contributed by atoms with Gasteiger partial charge in [0.15, 0.2) is 5.81 Å². The molecule has 4 nitrogen and oxygen atoms in total. The Morgan fingerprint density at radius 3 is 2.41 bits per heavy atom. The Hall–Kier alpha value is -2.43. The van der Waals surface area contributed by atoms with Crippen LogP contribution < -0.4 is 0 Å². The SMILES string of the molecule is [B]C(=O)N1CCC(=C(c2ccccc2)c2cnccn2)CC1. The van der Waals surface area contributed by atoms with E-state index in [2.05, 4.69) is 22.1 Å². The number of carbonyl (C=O) groups is 1. The van der Waals surface area contributed by atoms with Crippen molar-refractivity contribution in [1.82, 2.24) is 14.9 Å². The van der Waals surface area contributed by atoms with E-state index in [9.17, 15) is 4.79 Å². The molecule has 0 N–H and O–H groups in total. The molecule has 1 saturated heterocycles. The molecule has 1 aromatic heterocycles. The van der Waals surface area contributed by atoms with Gasteiger partial charge in [-0.3, -0.25) is 14.8 Å². The summed E-state index contributed by atoms with van der Waals surface area (Å²) in [5, 5.41) is 0. The largest absolute Gasteiger partial charge is 0.352 e. The fourth-order valence-electron chi connectivity index (χ4n) is 2.81. The molecule has 0 aliphatic carbocycles. The van der Waals surface area contributed by atoms with Crippen molar-refractivity contribution in [3.63, 3.8) is 0 Å². The highest BCUT2D eigenvalue weighted by molar-refractivity contribution is 6.56.